The molecular formula is C42H41ClF2N12O5. The highest BCUT2D eigenvalue weighted by Gasteiger charge is 2.22. The van der Waals surface area contributed by atoms with Gasteiger partial charge in [-0.2, -0.15) is 10.5 Å². The first-order valence-electron chi connectivity index (χ1n) is 19.3. The van der Waals surface area contributed by atoms with Crippen molar-refractivity contribution in [2.75, 3.05) is 62.2 Å². The van der Waals surface area contributed by atoms with Crippen LogP contribution in [0.2, 0.25) is 0 Å². The Labute approximate surface area is 359 Å². The third-order valence-corrected chi connectivity index (χ3v) is 9.77. The molecule has 0 spiro atoms. The van der Waals surface area contributed by atoms with Crippen molar-refractivity contribution in [3.8, 4) is 12.1 Å². The summed E-state index contributed by atoms with van der Waals surface area (Å²) in [5.74, 6) is 0.107. The maximum atomic E-state index is 13.8. The number of fused-ring (bicyclic) bond motifs is 2. The molecule has 1 amide bonds. The fraction of sp³-hybridized carbons (Fsp3) is 0.286. The van der Waals surface area contributed by atoms with Crippen LogP contribution in [0.1, 0.15) is 35.6 Å². The molecule has 2 aliphatic rings. The second kappa shape index (κ2) is 21.8. The Morgan fingerprint density at radius 3 is 1.58 bits per heavy atom. The van der Waals surface area contributed by atoms with Crippen LogP contribution in [0.4, 0.5) is 20.4 Å². The van der Waals surface area contributed by atoms with E-state index in [2.05, 4.69) is 51.1 Å². The summed E-state index contributed by atoms with van der Waals surface area (Å²) in [5, 5.41) is 29.1. The maximum Gasteiger partial charge on any atom is 0.303 e. The lowest BCUT2D eigenvalue weighted by Crippen LogP contribution is -2.49. The Balaban J connectivity index is 0.000000192. The third-order valence-electron chi connectivity index (χ3n) is 9.77. The average molecular weight is 867 g/mol. The van der Waals surface area contributed by atoms with Crippen molar-refractivity contribution in [2.45, 2.75) is 25.7 Å². The van der Waals surface area contributed by atoms with E-state index in [1.807, 2.05) is 18.2 Å². The van der Waals surface area contributed by atoms with E-state index >= 15 is 0 Å². The number of anilines is 2. The molecule has 0 atom stereocenters. The minimum absolute atomic E-state index is 0. The molecule has 4 N–H and O–H groups in total. The van der Waals surface area contributed by atoms with Gasteiger partial charge in [0.05, 0.1) is 28.6 Å². The Hall–Kier alpha value is -7.35. The molecule has 8 rings (SSSR count). The first kappa shape index (κ1) is 45.7. The van der Waals surface area contributed by atoms with E-state index in [4.69, 9.17) is 15.6 Å². The van der Waals surface area contributed by atoms with Crippen LogP contribution < -0.4 is 26.2 Å². The Morgan fingerprint density at radius 1 is 0.677 bits per heavy atom. The largest absolute Gasteiger partial charge is 0.481 e. The number of nitrogens with one attached hydrogen (secondary N) is 3. The van der Waals surface area contributed by atoms with Crippen LogP contribution in [0.5, 0.6) is 0 Å². The molecule has 0 unspecified atom stereocenters. The Kier molecular flexibility index (Phi) is 16.1. The number of carboxylic acid groups (broad SMARTS) is 1. The zero-order valence-electron chi connectivity index (χ0n) is 33.2. The smallest absolute Gasteiger partial charge is 0.303 e. The normalized spacial score (nSPS) is 13.4. The zero-order valence-corrected chi connectivity index (χ0v) is 34.0. The van der Waals surface area contributed by atoms with Crippen LogP contribution in [0.15, 0.2) is 82.6 Å². The summed E-state index contributed by atoms with van der Waals surface area (Å²) in [6.45, 7) is 6.39. The second-order valence-corrected chi connectivity index (χ2v) is 13.8. The Morgan fingerprint density at radius 2 is 1.15 bits per heavy atom. The summed E-state index contributed by atoms with van der Waals surface area (Å²) in [6.07, 6.45) is 3.62. The molecule has 6 heterocycles. The van der Waals surface area contributed by atoms with Crippen molar-refractivity contribution in [3.05, 3.63) is 128 Å². The minimum atomic E-state index is -0.980. The number of nitriles is 2. The van der Waals surface area contributed by atoms with Crippen molar-refractivity contribution >= 4 is 57.7 Å². The zero-order chi connectivity index (χ0) is 43.3. The van der Waals surface area contributed by atoms with E-state index in [-0.39, 0.29) is 71.6 Å². The average Bonchev–Trinajstić information content (AvgIpc) is 3.28. The summed E-state index contributed by atoms with van der Waals surface area (Å²) in [4.78, 5) is 74.5. The summed E-state index contributed by atoms with van der Waals surface area (Å²) in [6, 6.07) is 19.8. The number of carbonyl (C=O) groups is 2. The van der Waals surface area contributed by atoms with Gasteiger partial charge in [0.15, 0.2) is 0 Å². The van der Waals surface area contributed by atoms with Gasteiger partial charge >= 0.3 is 5.97 Å². The van der Waals surface area contributed by atoms with E-state index < -0.39 is 28.7 Å². The number of amides is 1. The molecule has 2 fully saturated rings. The van der Waals surface area contributed by atoms with E-state index in [1.165, 1.54) is 36.5 Å². The predicted octanol–water partition coefficient (Wildman–Crippen LogP) is 3.47. The summed E-state index contributed by atoms with van der Waals surface area (Å²) in [7, 11) is 0. The lowest BCUT2D eigenvalue weighted by Gasteiger charge is -2.35. The molecule has 4 aromatic heterocycles. The van der Waals surface area contributed by atoms with Gasteiger partial charge < -0.3 is 35.1 Å². The molecular weight excluding hydrogens is 826 g/mol. The molecule has 2 aliphatic heterocycles. The molecule has 0 radical (unpaired) electrons. The number of aryl methyl sites for hydroxylation is 2. The molecule has 320 valence electrons. The van der Waals surface area contributed by atoms with Gasteiger partial charge in [-0.15, -0.1) is 12.4 Å². The molecule has 0 aliphatic carbocycles. The fourth-order valence-corrected chi connectivity index (χ4v) is 6.60. The summed E-state index contributed by atoms with van der Waals surface area (Å²) < 4.78 is 27.1. The molecule has 6 aromatic rings. The SMILES string of the molecule is Cl.N#Cc1ccc(N2CCN(C(=O)CCc3nc4cccc(F)c4c(=O)[nH]3)CC2)nc1.N#Cc1ccc(N2CCNCC2)nc1.O=C(O)CCc1nc2cccc(F)c2c(=O)[nH]1. The van der Waals surface area contributed by atoms with Crippen LogP contribution in [0.3, 0.4) is 0 Å². The van der Waals surface area contributed by atoms with Crippen LogP contribution in [-0.4, -0.2) is 104 Å². The van der Waals surface area contributed by atoms with E-state index in [0.29, 0.717) is 43.1 Å². The van der Waals surface area contributed by atoms with Crippen molar-refractivity contribution in [1.29, 1.82) is 10.5 Å². The van der Waals surface area contributed by atoms with Crippen molar-refractivity contribution in [1.82, 2.24) is 40.1 Å². The minimum Gasteiger partial charge on any atom is -0.481 e. The van der Waals surface area contributed by atoms with E-state index in [9.17, 15) is 28.0 Å². The maximum absolute atomic E-state index is 13.8. The van der Waals surface area contributed by atoms with Gasteiger partial charge in [-0.05, 0) is 48.5 Å². The number of aliphatic carboxylic acids is 1. The van der Waals surface area contributed by atoms with Crippen LogP contribution >= 0.6 is 12.4 Å². The van der Waals surface area contributed by atoms with E-state index in [1.54, 1.807) is 29.3 Å². The molecule has 17 nitrogen and oxygen atoms in total. The highest BCUT2D eigenvalue weighted by Crippen LogP contribution is 2.17. The van der Waals surface area contributed by atoms with Crippen LogP contribution in [0, 0.1) is 34.3 Å². The number of carbonyl (C=O) groups excluding carboxylic acids is 1. The lowest BCUT2D eigenvalue weighted by molar-refractivity contribution is -0.137. The summed E-state index contributed by atoms with van der Waals surface area (Å²) >= 11 is 0. The van der Waals surface area contributed by atoms with Gasteiger partial charge in [-0.1, -0.05) is 12.1 Å². The quantitative estimate of drug-likeness (QED) is 0.171. The monoisotopic (exact) mass is 866 g/mol. The van der Waals surface area contributed by atoms with Crippen molar-refractivity contribution in [3.63, 3.8) is 0 Å². The second-order valence-electron chi connectivity index (χ2n) is 13.8. The van der Waals surface area contributed by atoms with Crippen LogP contribution in [-0.2, 0) is 22.4 Å². The molecule has 0 saturated carbocycles. The number of H-pyrrole nitrogens is 2. The first-order valence-corrected chi connectivity index (χ1v) is 19.3. The van der Waals surface area contributed by atoms with Gasteiger partial charge in [0.25, 0.3) is 11.1 Å². The molecule has 20 heteroatoms. The van der Waals surface area contributed by atoms with Gasteiger partial charge in [-0.3, -0.25) is 19.2 Å². The number of benzene rings is 2. The number of aromatic nitrogens is 6. The number of piperazine rings is 2. The third kappa shape index (κ3) is 11.9. The van der Waals surface area contributed by atoms with Crippen molar-refractivity contribution < 1.29 is 23.5 Å². The van der Waals surface area contributed by atoms with Gasteiger partial charge in [0, 0.05) is 84.0 Å². The van der Waals surface area contributed by atoms with Crippen LogP contribution in [0.25, 0.3) is 21.8 Å². The number of pyridine rings is 2. The number of aromatic amines is 2. The number of nitrogens with zero attached hydrogens (tertiary/aromatic N) is 9. The fourth-order valence-electron chi connectivity index (χ4n) is 6.60. The molecule has 2 saturated heterocycles. The number of hydrogen-bond acceptors (Lipinski definition) is 13. The molecule has 0 bridgehead atoms. The molecule has 2 aromatic carbocycles. The topological polar surface area (TPSA) is 241 Å². The number of hydrogen-bond donors (Lipinski definition) is 4. The summed E-state index contributed by atoms with van der Waals surface area (Å²) in [5.41, 5.74) is 0.510. The number of carboxylic acids is 1. The predicted molar refractivity (Wildman–Crippen MR) is 228 cm³/mol. The van der Waals surface area contributed by atoms with E-state index in [0.717, 1.165) is 37.8 Å². The number of halogens is 3. The van der Waals surface area contributed by atoms with Gasteiger partial charge in [-0.25, -0.2) is 28.7 Å². The first-order chi connectivity index (χ1) is 29.5. The number of rotatable bonds is 8. The lowest BCUT2D eigenvalue weighted by atomic mass is 10.2. The Bertz CT molecular complexity index is 2710. The molecule has 62 heavy (non-hydrogen) atoms. The highest BCUT2D eigenvalue weighted by molar-refractivity contribution is 5.85. The van der Waals surface area contributed by atoms with Gasteiger partial charge in [0.1, 0.15) is 57.8 Å². The standard InChI is InChI=1S/C21H19FN6O2.C11H9FN2O3.C10H12N4.ClH/c22-15-2-1-3-16-20(15)21(30)26-17(25-16)5-7-19(29)28-10-8-27(9-11-28)18-6-4-14(12-23)13-24-18;12-6-2-1-3-7-10(6)11(17)14-8(13-7)4-5-9(15)16;11-7-9-1-2-10(13-8-9)14-5-3-12-4-6-14;/h1-4,6,13H,5,7-11H2,(H,25,26,30);1-3H,4-5H2,(H,15,16)(H,13,14,17);1-2,8,12H,3-6H2;1H. The van der Waals surface area contributed by atoms with Crippen molar-refractivity contribution in [2.24, 2.45) is 0 Å². The van der Waals surface area contributed by atoms with Gasteiger partial charge in [0.2, 0.25) is 5.91 Å². The highest BCUT2D eigenvalue weighted by atomic mass is 35.5.